The average molecular weight is 449 g/mol. The Morgan fingerprint density at radius 3 is 2.73 bits per heavy atom. The highest BCUT2D eigenvalue weighted by atomic mass is 16.5. The number of methoxy groups -OCH3 is 1. The minimum Gasteiger partial charge on any atom is -0.495 e. The highest BCUT2D eigenvalue weighted by molar-refractivity contribution is 5.81. The number of anilines is 1. The maximum atomic E-state index is 13.3. The molecule has 0 aliphatic carbocycles. The molecule has 172 valence electrons. The molecule has 1 spiro atoms. The molecule has 3 aromatic rings. The van der Waals surface area contributed by atoms with Crippen LogP contribution >= 0.6 is 0 Å². The van der Waals surface area contributed by atoms with Crippen molar-refractivity contribution in [3.63, 3.8) is 0 Å². The highest BCUT2D eigenvalue weighted by Gasteiger charge is 2.47. The Kier molecular flexibility index (Phi) is 5.35. The van der Waals surface area contributed by atoms with Crippen LogP contribution in [0.1, 0.15) is 31.0 Å². The molecule has 0 amide bonds. The first kappa shape index (κ1) is 21.5. The van der Waals surface area contributed by atoms with Gasteiger partial charge in [0.25, 0.3) is 5.56 Å². The fourth-order valence-corrected chi connectivity index (χ4v) is 4.92. The van der Waals surface area contributed by atoms with Crippen LogP contribution in [0, 0.1) is 17.3 Å². The third-order valence-electron chi connectivity index (χ3n) is 7.09. The second kappa shape index (κ2) is 8.21. The first-order valence-corrected chi connectivity index (χ1v) is 11.2. The van der Waals surface area contributed by atoms with Gasteiger partial charge in [-0.2, -0.15) is 10.1 Å². The van der Waals surface area contributed by atoms with E-state index >= 15 is 0 Å². The zero-order valence-corrected chi connectivity index (χ0v) is 19.1. The number of nitrogens with one attached hydrogen (secondary N) is 1. The summed E-state index contributed by atoms with van der Waals surface area (Å²) in [6.45, 7) is 4.26. The number of H-pyrrole nitrogens is 1. The van der Waals surface area contributed by atoms with E-state index in [0.29, 0.717) is 35.0 Å². The molecule has 5 rings (SSSR count). The zero-order chi connectivity index (χ0) is 23.2. The summed E-state index contributed by atoms with van der Waals surface area (Å²) in [5, 5.41) is 7.54. The first-order valence-electron chi connectivity index (χ1n) is 11.2. The number of nitrogens with two attached hydrogens (primary N) is 1. The first-order chi connectivity index (χ1) is 15.9. The van der Waals surface area contributed by atoms with Gasteiger partial charge in [-0.25, -0.2) is 0 Å². The molecule has 9 heteroatoms. The number of ether oxygens (including phenoxy) is 2. The van der Waals surface area contributed by atoms with Gasteiger partial charge in [0.1, 0.15) is 16.8 Å². The van der Waals surface area contributed by atoms with Crippen LogP contribution in [-0.2, 0) is 11.8 Å². The van der Waals surface area contributed by atoms with Gasteiger partial charge in [-0.05, 0) is 37.8 Å². The molecule has 0 bridgehead atoms. The number of aromatic amines is 1. The lowest BCUT2D eigenvalue weighted by Crippen LogP contribution is -2.51. The summed E-state index contributed by atoms with van der Waals surface area (Å²) in [5.74, 6) is 7.37. The molecule has 4 heterocycles. The number of fused-ring (bicyclic) bond motifs is 1. The van der Waals surface area contributed by atoms with E-state index in [1.165, 1.54) is 0 Å². The fraction of sp³-hybridized carbons (Fsp3) is 0.458. The van der Waals surface area contributed by atoms with E-state index in [1.807, 2.05) is 31.2 Å². The van der Waals surface area contributed by atoms with E-state index < -0.39 is 0 Å². The molecule has 2 aliphatic heterocycles. The van der Waals surface area contributed by atoms with Crippen LogP contribution < -0.4 is 20.9 Å². The second-order valence-corrected chi connectivity index (χ2v) is 8.91. The van der Waals surface area contributed by atoms with Crippen LogP contribution in [0.2, 0.25) is 0 Å². The number of hydrogen-bond acceptors (Lipinski definition) is 7. The van der Waals surface area contributed by atoms with E-state index in [-0.39, 0.29) is 23.1 Å². The van der Waals surface area contributed by atoms with Crippen molar-refractivity contribution in [3.8, 4) is 17.6 Å². The highest BCUT2D eigenvalue weighted by Crippen LogP contribution is 2.41. The minimum absolute atomic E-state index is 0.00642. The molecule has 3 N–H and O–H groups in total. The van der Waals surface area contributed by atoms with E-state index in [1.54, 1.807) is 18.7 Å². The molecule has 2 aliphatic rings. The molecule has 1 aromatic carbocycles. The summed E-state index contributed by atoms with van der Waals surface area (Å²) < 4.78 is 12.8. The Morgan fingerprint density at radius 1 is 1.27 bits per heavy atom. The molecule has 9 nitrogen and oxygen atoms in total. The van der Waals surface area contributed by atoms with Gasteiger partial charge in [0.05, 0.1) is 25.4 Å². The molecule has 0 unspecified atom stereocenters. The van der Waals surface area contributed by atoms with Crippen molar-refractivity contribution in [2.45, 2.75) is 31.9 Å². The van der Waals surface area contributed by atoms with Gasteiger partial charge in [-0.15, -0.1) is 0 Å². The predicted octanol–water partition coefficient (Wildman–Crippen LogP) is 1.40. The number of hydrogen-bond donors (Lipinski definition) is 2. The number of nitrogens with zero attached hydrogens (tertiary/aromatic N) is 4. The molecule has 2 fully saturated rings. The molecule has 2 atom stereocenters. The second-order valence-electron chi connectivity index (χ2n) is 8.91. The number of rotatable bonds is 2. The molecule has 0 saturated carbocycles. The lowest BCUT2D eigenvalue weighted by atomic mass is 9.73. The van der Waals surface area contributed by atoms with Crippen molar-refractivity contribution in [1.82, 2.24) is 19.7 Å². The standard InChI is InChI=1S/C24H28N6O3/c1-15-20(25)24(14-33-15)10-12-30(13-11-24)23-26-21-19(22(31)29(23)2)17(27-28-21)9-8-16-6-4-5-7-18(16)32-3/h4-7,15,20H,10-14,25H2,1-3H3,(H,27,28)/t15-,20+/m0/s1. The van der Waals surface area contributed by atoms with Gasteiger partial charge >= 0.3 is 0 Å². The number of benzene rings is 1. The van der Waals surface area contributed by atoms with Crippen LogP contribution in [0.3, 0.4) is 0 Å². The largest absolute Gasteiger partial charge is 0.495 e. The average Bonchev–Trinajstić information content (AvgIpc) is 3.37. The van der Waals surface area contributed by atoms with Crippen molar-refractivity contribution in [2.24, 2.45) is 18.2 Å². The quantitative estimate of drug-likeness (QED) is 0.570. The monoisotopic (exact) mass is 448 g/mol. The molecular formula is C24H28N6O3. The van der Waals surface area contributed by atoms with Crippen molar-refractivity contribution < 1.29 is 9.47 Å². The normalized spacial score (nSPS) is 21.9. The summed E-state index contributed by atoms with van der Waals surface area (Å²) in [6, 6.07) is 7.51. The van der Waals surface area contributed by atoms with Gasteiger partial charge in [-0.3, -0.25) is 14.5 Å². The Labute approximate surface area is 191 Å². The maximum absolute atomic E-state index is 13.3. The third kappa shape index (κ3) is 3.56. The molecule has 2 aromatic heterocycles. The van der Waals surface area contributed by atoms with Gasteiger partial charge < -0.3 is 20.1 Å². The van der Waals surface area contributed by atoms with Gasteiger partial charge in [0.2, 0.25) is 5.95 Å². The number of piperidine rings is 1. The van der Waals surface area contributed by atoms with E-state index in [2.05, 4.69) is 26.9 Å². The summed E-state index contributed by atoms with van der Waals surface area (Å²) in [7, 11) is 3.34. The van der Waals surface area contributed by atoms with Crippen molar-refractivity contribution in [1.29, 1.82) is 0 Å². The lowest BCUT2D eigenvalue weighted by molar-refractivity contribution is 0.0973. The van der Waals surface area contributed by atoms with E-state index in [9.17, 15) is 4.79 Å². The minimum atomic E-state index is -0.178. The Hall–Kier alpha value is -3.35. The Morgan fingerprint density at radius 2 is 2.03 bits per heavy atom. The summed E-state index contributed by atoms with van der Waals surface area (Å²) >= 11 is 0. The van der Waals surface area contributed by atoms with Gasteiger partial charge in [0, 0.05) is 31.6 Å². The number of para-hydroxylation sites is 1. The van der Waals surface area contributed by atoms with E-state index in [4.69, 9.17) is 20.2 Å². The Bertz CT molecular complexity index is 1310. The SMILES string of the molecule is COc1ccccc1C#Cc1[nH]nc2nc(N3CCC4(CC3)CO[C@@H](C)[C@H]4N)n(C)c(=O)c12. The fourth-order valence-electron chi connectivity index (χ4n) is 4.92. The van der Waals surface area contributed by atoms with Gasteiger partial charge in [-0.1, -0.05) is 18.1 Å². The zero-order valence-electron chi connectivity index (χ0n) is 19.1. The van der Waals surface area contributed by atoms with Gasteiger partial charge in [0.15, 0.2) is 5.65 Å². The summed E-state index contributed by atoms with van der Waals surface area (Å²) in [6.07, 6.45) is 1.89. The topological polar surface area (TPSA) is 111 Å². The van der Waals surface area contributed by atoms with Crippen LogP contribution in [0.15, 0.2) is 29.1 Å². The lowest BCUT2D eigenvalue weighted by Gasteiger charge is -2.41. The summed E-state index contributed by atoms with van der Waals surface area (Å²) in [4.78, 5) is 20.1. The Balaban J connectivity index is 1.44. The van der Waals surface area contributed by atoms with Crippen molar-refractivity contribution >= 4 is 17.0 Å². The van der Waals surface area contributed by atoms with Crippen molar-refractivity contribution in [3.05, 3.63) is 45.9 Å². The van der Waals surface area contributed by atoms with E-state index in [0.717, 1.165) is 31.5 Å². The van der Waals surface area contributed by atoms with Crippen LogP contribution in [0.4, 0.5) is 5.95 Å². The maximum Gasteiger partial charge on any atom is 0.267 e. The van der Waals surface area contributed by atoms with Crippen LogP contribution in [0.5, 0.6) is 5.75 Å². The van der Waals surface area contributed by atoms with Crippen molar-refractivity contribution in [2.75, 3.05) is 31.7 Å². The van der Waals surface area contributed by atoms with Crippen LogP contribution in [-0.4, -0.2) is 58.7 Å². The predicted molar refractivity (Wildman–Crippen MR) is 125 cm³/mol. The molecule has 2 saturated heterocycles. The molecular weight excluding hydrogens is 420 g/mol. The summed E-state index contributed by atoms with van der Waals surface area (Å²) in [5.41, 5.74) is 7.81. The number of aromatic nitrogens is 4. The molecule has 0 radical (unpaired) electrons. The third-order valence-corrected chi connectivity index (χ3v) is 7.09. The van der Waals surface area contributed by atoms with Crippen LogP contribution in [0.25, 0.3) is 11.0 Å². The smallest absolute Gasteiger partial charge is 0.267 e. The molecule has 33 heavy (non-hydrogen) atoms.